The van der Waals surface area contributed by atoms with Crippen molar-refractivity contribution in [1.29, 1.82) is 0 Å². The van der Waals surface area contributed by atoms with E-state index in [9.17, 15) is 0 Å². The van der Waals surface area contributed by atoms with Crippen LogP contribution in [0.5, 0.6) is 0 Å². The fourth-order valence-electron chi connectivity index (χ4n) is 3.66. The van der Waals surface area contributed by atoms with Crippen LogP contribution in [0.25, 0.3) is 32.7 Å². The number of rotatable bonds is 1. The van der Waals surface area contributed by atoms with E-state index in [1.165, 1.54) is 32.7 Å². The Morgan fingerprint density at radius 1 is 0.429 bits per heavy atom. The van der Waals surface area contributed by atoms with Gasteiger partial charge in [-0.1, -0.05) is 103 Å². The van der Waals surface area contributed by atoms with Crippen LogP contribution >= 0.6 is 0 Å². The third kappa shape index (κ3) is 3.04. The molecule has 5 aromatic carbocycles. The van der Waals surface area contributed by atoms with Crippen molar-refractivity contribution in [2.45, 2.75) is 0 Å². The van der Waals surface area contributed by atoms with Crippen LogP contribution in [0.4, 0.5) is 0 Å². The van der Waals surface area contributed by atoms with E-state index in [-0.39, 0.29) is 0 Å². The van der Waals surface area contributed by atoms with Gasteiger partial charge in [0.25, 0.3) is 0 Å². The Bertz CT molecular complexity index is 1280. The number of benzene rings is 5. The zero-order valence-electron chi connectivity index (χ0n) is 15.4. The van der Waals surface area contributed by atoms with Crippen molar-refractivity contribution in [2.75, 3.05) is 0 Å². The first kappa shape index (κ1) is 16.4. The van der Waals surface area contributed by atoms with Gasteiger partial charge in [0.05, 0.1) is 0 Å². The van der Waals surface area contributed by atoms with Crippen LogP contribution in [0.1, 0.15) is 11.1 Å². The molecule has 28 heavy (non-hydrogen) atoms. The van der Waals surface area contributed by atoms with Gasteiger partial charge < -0.3 is 0 Å². The predicted octanol–water partition coefficient (Wildman–Crippen LogP) is 7.06. The molecule has 0 aliphatic carbocycles. The van der Waals surface area contributed by atoms with Crippen molar-refractivity contribution in [3.63, 3.8) is 0 Å². The lowest BCUT2D eigenvalue weighted by Crippen LogP contribution is -1.85. The zero-order chi connectivity index (χ0) is 18.8. The molecule has 0 saturated carbocycles. The monoisotopic (exact) mass is 354 g/mol. The fourth-order valence-corrected chi connectivity index (χ4v) is 3.66. The minimum atomic E-state index is 1.02. The molecule has 0 heterocycles. The van der Waals surface area contributed by atoms with E-state index in [4.69, 9.17) is 0 Å². The molecular weight excluding hydrogens is 336 g/mol. The smallest absolute Gasteiger partial charge is 0.0405 e. The molecule has 0 aliphatic rings. The summed E-state index contributed by atoms with van der Waals surface area (Å²) in [6, 6.07) is 38.1. The van der Waals surface area contributed by atoms with E-state index in [2.05, 4.69) is 115 Å². The molecule has 0 radical (unpaired) electrons. The molecule has 0 saturated heterocycles. The average Bonchev–Trinajstić information content (AvgIpc) is 2.77. The molecular formula is C28H18. The van der Waals surface area contributed by atoms with Crippen LogP contribution in [-0.4, -0.2) is 0 Å². The lowest BCUT2D eigenvalue weighted by Gasteiger charge is -2.06. The van der Waals surface area contributed by atoms with Gasteiger partial charge in [-0.15, -0.1) is 0 Å². The Morgan fingerprint density at radius 2 is 0.964 bits per heavy atom. The Hall–Kier alpha value is -3.82. The van der Waals surface area contributed by atoms with Gasteiger partial charge in [0.1, 0.15) is 0 Å². The highest BCUT2D eigenvalue weighted by atomic mass is 14.1. The Morgan fingerprint density at radius 3 is 1.61 bits per heavy atom. The maximum absolute atomic E-state index is 3.46. The average molecular weight is 354 g/mol. The van der Waals surface area contributed by atoms with Crippen LogP contribution in [0, 0.1) is 11.8 Å². The molecule has 5 aromatic rings. The minimum absolute atomic E-state index is 1.02. The third-order valence-electron chi connectivity index (χ3n) is 5.10. The predicted molar refractivity (Wildman–Crippen MR) is 119 cm³/mol. The van der Waals surface area contributed by atoms with Crippen LogP contribution in [-0.2, 0) is 0 Å². The molecule has 0 spiro atoms. The first-order chi connectivity index (χ1) is 13.9. The molecule has 0 unspecified atom stereocenters. The standard InChI is InChI=1S/C28H18/c1-2-8-22(9-3-1)23-17-14-21(15-18-23)16-19-28-26-12-6-4-10-24(26)20-25-11-5-7-13-27(25)28/h1-15,17-18,20H. The quantitative estimate of drug-likeness (QED) is 0.223. The Balaban J connectivity index is 1.60. The van der Waals surface area contributed by atoms with Gasteiger partial charge in [-0.05, 0) is 50.9 Å². The molecule has 0 nitrogen and oxygen atoms in total. The summed E-state index contributed by atoms with van der Waals surface area (Å²) >= 11 is 0. The fraction of sp³-hybridized carbons (Fsp3) is 0. The van der Waals surface area contributed by atoms with Gasteiger partial charge in [0, 0.05) is 11.1 Å². The van der Waals surface area contributed by atoms with E-state index in [0.717, 1.165) is 11.1 Å². The summed E-state index contributed by atoms with van der Waals surface area (Å²) in [5.74, 6) is 6.83. The first-order valence-corrected chi connectivity index (χ1v) is 9.46. The van der Waals surface area contributed by atoms with Gasteiger partial charge >= 0.3 is 0 Å². The molecule has 0 atom stereocenters. The highest BCUT2D eigenvalue weighted by Gasteiger charge is 2.05. The highest BCUT2D eigenvalue weighted by Crippen LogP contribution is 2.28. The Kier molecular flexibility index (Phi) is 4.13. The van der Waals surface area contributed by atoms with Gasteiger partial charge in [0.2, 0.25) is 0 Å². The normalized spacial score (nSPS) is 10.6. The summed E-state index contributed by atoms with van der Waals surface area (Å²) in [4.78, 5) is 0. The summed E-state index contributed by atoms with van der Waals surface area (Å²) in [5, 5.41) is 4.86. The van der Waals surface area contributed by atoms with Crippen molar-refractivity contribution in [3.05, 3.63) is 120 Å². The van der Waals surface area contributed by atoms with Gasteiger partial charge in [-0.2, -0.15) is 0 Å². The second-order valence-electron chi connectivity index (χ2n) is 6.89. The maximum Gasteiger partial charge on any atom is 0.0405 e. The molecule has 0 heteroatoms. The topological polar surface area (TPSA) is 0 Å². The van der Waals surface area contributed by atoms with E-state index in [1.54, 1.807) is 0 Å². The zero-order valence-corrected chi connectivity index (χ0v) is 15.4. The molecule has 0 N–H and O–H groups in total. The van der Waals surface area contributed by atoms with E-state index in [0.29, 0.717) is 0 Å². The molecule has 0 aromatic heterocycles. The van der Waals surface area contributed by atoms with Crippen molar-refractivity contribution in [1.82, 2.24) is 0 Å². The van der Waals surface area contributed by atoms with Crippen molar-refractivity contribution in [2.24, 2.45) is 0 Å². The summed E-state index contributed by atoms with van der Waals surface area (Å²) in [6.07, 6.45) is 0. The summed E-state index contributed by atoms with van der Waals surface area (Å²) in [6.45, 7) is 0. The van der Waals surface area contributed by atoms with Crippen molar-refractivity contribution < 1.29 is 0 Å². The van der Waals surface area contributed by atoms with Crippen molar-refractivity contribution in [3.8, 4) is 23.0 Å². The molecule has 0 aliphatic heterocycles. The van der Waals surface area contributed by atoms with E-state index in [1.807, 2.05) is 6.07 Å². The van der Waals surface area contributed by atoms with Crippen LogP contribution in [0.3, 0.4) is 0 Å². The first-order valence-electron chi connectivity index (χ1n) is 9.46. The van der Waals surface area contributed by atoms with E-state index >= 15 is 0 Å². The largest absolute Gasteiger partial charge is 0.0622 e. The molecule has 0 fully saturated rings. The second kappa shape index (κ2) is 7.06. The molecule has 130 valence electrons. The van der Waals surface area contributed by atoms with Crippen LogP contribution in [0.15, 0.2) is 109 Å². The van der Waals surface area contributed by atoms with Crippen molar-refractivity contribution >= 4 is 21.5 Å². The summed E-state index contributed by atoms with van der Waals surface area (Å²) in [5.41, 5.74) is 4.56. The molecule has 5 rings (SSSR count). The summed E-state index contributed by atoms with van der Waals surface area (Å²) in [7, 11) is 0. The van der Waals surface area contributed by atoms with Gasteiger partial charge in [0.15, 0.2) is 0 Å². The Labute approximate surface area is 165 Å². The van der Waals surface area contributed by atoms with Gasteiger partial charge in [-0.3, -0.25) is 0 Å². The lowest BCUT2D eigenvalue weighted by molar-refractivity contribution is 1.59. The number of hydrogen-bond donors (Lipinski definition) is 0. The van der Waals surface area contributed by atoms with Crippen LogP contribution in [0.2, 0.25) is 0 Å². The third-order valence-corrected chi connectivity index (χ3v) is 5.10. The number of fused-ring (bicyclic) bond motifs is 2. The van der Waals surface area contributed by atoms with Crippen LogP contribution < -0.4 is 0 Å². The van der Waals surface area contributed by atoms with E-state index < -0.39 is 0 Å². The summed E-state index contributed by atoms with van der Waals surface area (Å²) < 4.78 is 0. The second-order valence-corrected chi connectivity index (χ2v) is 6.89. The lowest BCUT2D eigenvalue weighted by atomic mass is 9.97. The minimum Gasteiger partial charge on any atom is -0.0622 e. The molecule has 0 bridgehead atoms. The number of hydrogen-bond acceptors (Lipinski definition) is 0. The highest BCUT2D eigenvalue weighted by molar-refractivity contribution is 6.04. The SMILES string of the molecule is C(#Cc1c2ccccc2cc2ccccc12)c1ccc(-c2ccccc2)cc1. The molecule has 0 amide bonds. The maximum atomic E-state index is 3.46. The van der Waals surface area contributed by atoms with Gasteiger partial charge in [-0.25, -0.2) is 0 Å².